The van der Waals surface area contributed by atoms with Crippen LogP contribution in [0.2, 0.25) is 0 Å². The van der Waals surface area contributed by atoms with Crippen molar-refractivity contribution in [3.8, 4) is 5.19 Å². The molecule has 126 valence electrons. The second kappa shape index (κ2) is 7.35. The SMILES string of the molecule is CCOc1nnc(CN2CCCCC2Cn2nc(C)nc2C)s1. The largest absolute Gasteiger partial charge is 0.469 e. The first kappa shape index (κ1) is 16.3. The molecule has 8 heteroatoms. The third-order valence-corrected chi connectivity index (χ3v) is 4.97. The molecule has 0 radical (unpaired) electrons. The zero-order chi connectivity index (χ0) is 16.2. The average Bonchev–Trinajstić information content (AvgIpc) is 3.08. The molecule has 3 heterocycles. The molecule has 0 N–H and O–H groups in total. The first-order valence-corrected chi connectivity index (χ1v) is 9.04. The summed E-state index contributed by atoms with van der Waals surface area (Å²) in [6.07, 6.45) is 3.70. The van der Waals surface area contributed by atoms with E-state index in [0.717, 1.165) is 36.3 Å². The van der Waals surface area contributed by atoms with E-state index in [2.05, 4.69) is 25.2 Å². The van der Waals surface area contributed by atoms with Crippen LogP contribution in [0.5, 0.6) is 5.19 Å². The standard InChI is InChI=1S/C15H24N6OS/c1-4-22-15-18-17-14(23-15)10-20-8-6-5-7-13(20)9-21-12(3)16-11(2)19-21/h13H,4-10H2,1-3H3. The number of aryl methyl sites for hydroxylation is 2. The van der Waals surface area contributed by atoms with Crippen LogP contribution in [0.4, 0.5) is 0 Å². The summed E-state index contributed by atoms with van der Waals surface area (Å²) in [4.78, 5) is 6.90. The molecule has 2 aromatic rings. The van der Waals surface area contributed by atoms with Crippen LogP contribution in [0.25, 0.3) is 0 Å². The summed E-state index contributed by atoms with van der Waals surface area (Å²) in [5, 5.41) is 14.5. The number of hydrogen-bond donors (Lipinski definition) is 0. The first-order chi connectivity index (χ1) is 11.2. The fourth-order valence-corrected chi connectivity index (χ4v) is 3.84. The Morgan fingerprint density at radius 1 is 1.26 bits per heavy atom. The number of nitrogens with zero attached hydrogens (tertiary/aromatic N) is 6. The first-order valence-electron chi connectivity index (χ1n) is 8.23. The summed E-state index contributed by atoms with van der Waals surface area (Å²) in [7, 11) is 0. The van der Waals surface area contributed by atoms with Crippen molar-refractivity contribution >= 4 is 11.3 Å². The lowest BCUT2D eigenvalue weighted by molar-refractivity contribution is 0.121. The van der Waals surface area contributed by atoms with Gasteiger partial charge in [0.15, 0.2) is 0 Å². The van der Waals surface area contributed by atoms with Crippen molar-refractivity contribution in [2.75, 3.05) is 13.2 Å². The second-order valence-electron chi connectivity index (χ2n) is 5.90. The van der Waals surface area contributed by atoms with E-state index >= 15 is 0 Å². The Hall–Kier alpha value is -1.54. The Balaban J connectivity index is 1.67. The Bertz CT molecular complexity index is 640. The lowest BCUT2D eigenvalue weighted by Gasteiger charge is -2.35. The van der Waals surface area contributed by atoms with E-state index in [1.54, 1.807) is 11.3 Å². The van der Waals surface area contributed by atoms with Gasteiger partial charge in [-0.1, -0.05) is 17.8 Å². The third kappa shape index (κ3) is 4.06. The fraction of sp³-hybridized carbons (Fsp3) is 0.733. The van der Waals surface area contributed by atoms with Crippen molar-refractivity contribution in [1.82, 2.24) is 29.9 Å². The van der Waals surface area contributed by atoms with Gasteiger partial charge in [-0.25, -0.2) is 9.67 Å². The lowest BCUT2D eigenvalue weighted by Crippen LogP contribution is -2.41. The van der Waals surface area contributed by atoms with Gasteiger partial charge < -0.3 is 4.74 Å². The molecule has 2 aromatic heterocycles. The van der Waals surface area contributed by atoms with Crippen LogP contribution in [-0.4, -0.2) is 49.1 Å². The van der Waals surface area contributed by atoms with Gasteiger partial charge in [0.1, 0.15) is 16.7 Å². The highest BCUT2D eigenvalue weighted by Gasteiger charge is 2.25. The normalized spacial score (nSPS) is 19.2. The van der Waals surface area contributed by atoms with Crippen molar-refractivity contribution in [3.63, 3.8) is 0 Å². The van der Waals surface area contributed by atoms with Crippen LogP contribution in [-0.2, 0) is 13.1 Å². The monoisotopic (exact) mass is 336 g/mol. The molecule has 0 bridgehead atoms. The van der Waals surface area contributed by atoms with Gasteiger partial charge in [-0.2, -0.15) is 5.10 Å². The van der Waals surface area contributed by atoms with Crippen molar-refractivity contribution in [1.29, 1.82) is 0 Å². The number of likely N-dealkylation sites (tertiary alicyclic amines) is 1. The van der Waals surface area contributed by atoms with E-state index in [4.69, 9.17) is 4.74 Å². The quantitative estimate of drug-likeness (QED) is 0.805. The molecule has 0 aromatic carbocycles. The molecule has 1 fully saturated rings. The summed E-state index contributed by atoms with van der Waals surface area (Å²) in [5.74, 6) is 1.83. The van der Waals surface area contributed by atoms with Crippen molar-refractivity contribution in [3.05, 3.63) is 16.7 Å². The van der Waals surface area contributed by atoms with Crippen LogP contribution in [0.1, 0.15) is 42.8 Å². The Labute approximate surface area is 140 Å². The minimum Gasteiger partial charge on any atom is -0.469 e. The zero-order valence-electron chi connectivity index (χ0n) is 14.0. The molecule has 0 aliphatic carbocycles. The Morgan fingerprint density at radius 2 is 2.13 bits per heavy atom. The van der Waals surface area contributed by atoms with Gasteiger partial charge in [0.05, 0.1) is 19.7 Å². The molecule has 1 aliphatic rings. The summed E-state index contributed by atoms with van der Waals surface area (Å²) in [5.41, 5.74) is 0. The van der Waals surface area contributed by atoms with Gasteiger partial charge in [-0.15, -0.1) is 10.2 Å². The number of aromatic nitrogens is 5. The summed E-state index contributed by atoms with van der Waals surface area (Å²) >= 11 is 1.55. The van der Waals surface area contributed by atoms with Crippen LogP contribution >= 0.6 is 11.3 Å². The minimum absolute atomic E-state index is 0.475. The van der Waals surface area contributed by atoms with E-state index in [-0.39, 0.29) is 0 Å². The number of rotatable bonds is 6. The Morgan fingerprint density at radius 3 is 2.87 bits per heavy atom. The highest BCUT2D eigenvalue weighted by Crippen LogP contribution is 2.24. The third-order valence-electron chi connectivity index (χ3n) is 4.15. The molecule has 0 spiro atoms. The van der Waals surface area contributed by atoms with Crippen LogP contribution in [0.3, 0.4) is 0 Å². The van der Waals surface area contributed by atoms with Crippen molar-refractivity contribution in [2.45, 2.75) is 59.2 Å². The predicted octanol–water partition coefficient (Wildman–Crippen LogP) is 2.20. The highest BCUT2D eigenvalue weighted by molar-refractivity contribution is 7.13. The molecule has 7 nitrogen and oxygen atoms in total. The summed E-state index contributed by atoms with van der Waals surface area (Å²) in [6, 6.07) is 0.475. The molecule has 1 saturated heterocycles. The maximum atomic E-state index is 5.42. The molecular formula is C15H24N6OS. The topological polar surface area (TPSA) is 69.0 Å². The van der Waals surface area contributed by atoms with Gasteiger partial charge in [-0.05, 0) is 40.2 Å². The van der Waals surface area contributed by atoms with E-state index in [9.17, 15) is 0 Å². The molecule has 23 heavy (non-hydrogen) atoms. The van der Waals surface area contributed by atoms with Gasteiger partial charge >= 0.3 is 0 Å². The van der Waals surface area contributed by atoms with Crippen LogP contribution in [0.15, 0.2) is 0 Å². The fourth-order valence-electron chi connectivity index (χ4n) is 3.07. The maximum Gasteiger partial charge on any atom is 0.294 e. The van der Waals surface area contributed by atoms with E-state index in [1.165, 1.54) is 19.3 Å². The number of ether oxygens (including phenoxy) is 1. The smallest absolute Gasteiger partial charge is 0.294 e. The van der Waals surface area contributed by atoms with Crippen LogP contribution < -0.4 is 4.74 Å². The van der Waals surface area contributed by atoms with Gasteiger partial charge in [0, 0.05) is 6.04 Å². The summed E-state index contributed by atoms with van der Waals surface area (Å²) < 4.78 is 7.45. The minimum atomic E-state index is 0.475. The molecule has 0 amide bonds. The maximum absolute atomic E-state index is 5.42. The van der Waals surface area contributed by atoms with Crippen molar-refractivity contribution in [2.24, 2.45) is 0 Å². The molecule has 1 unspecified atom stereocenters. The molecule has 3 rings (SSSR count). The Kier molecular flexibility index (Phi) is 5.22. The zero-order valence-corrected chi connectivity index (χ0v) is 14.8. The van der Waals surface area contributed by atoms with Crippen molar-refractivity contribution < 1.29 is 4.74 Å². The molecule has 1 atom stereocenters. The summed E-state index contributed by atoms with van der Waals surface area (Å²) in [6.45, 7) is 9.38. The predicted molar refractivity (Wildman–Crippen MR) is 88.6 cm³/mol. The van der Waals surface area contributed by atoms with Gasteiger partial charge in [0.2, 0.25) is 0 Å². The van der Waals surface area contributed by atoms with Gasteiger partial charge in [0.25, 0.3) is 5.19 Å². The average molecular weight is 336 g/mol. The molecular weight excluding hydrogens is 312 g/mol. The lowest BCUT2D eigenvalue weighted by atomic mass is 10.0. The van der Waals surface area contributed by atoms with E-state index in [0.29, 0.717) is 17.8 Å². The van der Waals surface area contributed by atoms with E-state index < -0.39 is 0 Å². The van der Waals surface area contributed by atoms with Crippen LogP contribution in [0, 0.1) is 13.8 Å². The molecule has 1 aliphatic heterocycles. The molecule has 0 saturated carbocycles. The second-order valence-corrected chi connectivity index (χ2v) is 6.93. The highest BCUT2D eigenvalue weighted by atomic mass is 32.1. The van der Waals surface area contributed by atoms with Gasteiger partial charge in [-0.3, -0.25) is 4.90 Å². The number of hydrogen-bond acceptors (Lipinski definition) is 7. The number of piperidine rings is 1. The van der Waals surface area contributed by atoms with E-state index in [1.807, 2.05) is 25.5 Å².